The van der Waals surface area contributed by atoms with E-state index in [1.807, 2.05) is 6.07 Å². The maximum absolute atomic E-state index is 5.88. The molecule has 2 heterocycles. The number of hydrogen-bond acceptors (Lipinski definition) is 4. The molecule has 3 aliphatic rings. The van der Waals surface area contributed by atoms with Gasteiger partial charge in [-0.05, 0) is 30.9 Å². The number of halogens is 1. The number of anilines is 1. The molecule has 24 heavy (non-hydrogen) atoms. The van der Waals surface area contributed by atoms with Crippen LogP contribution in [0.5, 0.6) is 11.5 Å². The molecule has 2 fully saturated rings. The van der Waals surface area contributed by atoms with Gasteiger partial charge in [-0.15, -0.1) is 12.4 Å². The second kappa shape index (κ2) is 8.30. The van der Waals surface area contributed by atoms with Gasteiger partial charge in [-0.1, -0.05) is 25.3 Å². The van der Waals surface area contributed by atoms with Crippen LogP contribution in [0.3, 0.4) is 0 Å². The topological polar surface area (TPSA) is 24.9 Å². The van der Waals surface area contributed by atoms with Crippen molar-refractivity contribution in [2.24, 2.45) is 5.92 Å². The van der Waals surface area contributed by atoms with Crippen molar-refractivity contribution in [3.8, 4) is 11.5 Å². The van der Waals surface area contributed by atoms with Gasteiger partial charge in [0, 0.05) is 32.7 Å². The van der Waals surface area contributed by atoms with Crippen molar-refractivity contribution in [3.05, 3.63) is 18.2 Å². The van der Waals surface area contributed by atoms with Crippen LogP contribution in [0, 0.1) is 5.92 Å². The average Bonchev–Trinajstić information content (AvgIpc) is 2.63. The molecule has 0 amide bonds. The van der Waals surface area contributed by atoms with Gasteiger partial charge in [-0.2, -0.15) is 0 Å². The van der Waals surface area contributed by atoms with Crippen LogP contribution < -0.4 is 14.4 Å². The lowest BCUT2D eigenvalue weighted by Gasteiger charge is -2.39. The van der Waals surface area contributed by atoms with Crippen molar-refractivity contribution in [1.82, 2.24) is 4.90 Å². The van der Waals surface area contributed by atoms with Crippen LogP contribution in [0.15, 0.2) is 18.2 Å². The van der Waals surface area contributed by atoms with E-state index in [9.17, 15) is 0 Å². The Bertz CT molecular complexity index is 526. The second-order valence-electron chi connectivity index (χ2n) is 7.09. The van der Waals surface area contributed by atoms with Gasteiger partial charge in [0.1, 0.15) is 13.2 Å². The Balaban J connectivity index is 0.00000169. The summed E-state index contributed by atoms with van der Waals surface area (Å²) >= 11 is 0. The summed E-state index contributed by atoms with van der Waals surface area (Å²) in [4.78, 5) is 5.13. The first-order valence-electron chi connectivity index (χ1n) is 9.26. The number of ether oxygens (including phenoxy) is 2. The summed E-state index contributed by atoms with van der Waals surface area (Å²) in [7, 11) is 0. The molecule has 0 spiro atoms. The first-order valence-corrected chi connectivity index (χ1v) is 9.26. The van der Waals surface area contributed by atoms with E-state index >= 15 is 0 Å². The number of para-hydroxylation sites is 1. The molecule has 1 saturated carbocycles. The van der Waals surface area contributed by atoms with E-state index in [0.29, 0.717) is 13.2 Å². The Labute approximate surface area is 151 Å². The summed E-state index contributed by atoms with van der Waals surface area (Å²) in [6.07, 6.45) is 7.22. The number of fused-ring (bicyclic) bond motifs is 1. The average molecular weight is 353 g/mol. The highest BCUT2D eigenvalue weighted by Crippen LogP contribution is 2.39. The summed E-state index contributed by atoms with van der Waals surface area (Å²) in [5.41, 5.74) is 1.21. The minimum Gasteiger partial charge on any atom is -0.486 e. The first kappa shape index (κ1) is 17.7. The summed E-state index contributed by atoms with van der Waals surface area (Å²) in [6.45, 7) is 7.14. The smallest absolute Gasteiger partial charge is 0.184 e. The predicted octanol–water partition coefficient (Wildman–Crippen LogP) is 3.58. The number of piperazine rings is 1. The maximum atomic E-state index is 5.88. The zero-order chi connectivity index (χ0) is 15.5. The van der Waals surface area contributed by atoms with Gasteiger partial charge in [-0.3, -0.25) is 4.90 Å². The van der Waals surface area contributed by atoms with E-state index in [1.165, 1.54) is 57.4 Å². The van der Waals surface area contributed by atoms with Crippen LogP contribution in [0.1, 0.15) is 32.1 Å². The van der Waals surface area contributed by atoms with Crippen molar-refractivity contribution < 1.29 is 9.47 Å². The molecular weight excluding hydrogens is 324 g/mol. The fraction of sp³-hybridized carbons (Fsp3) is 0.684. The largest absolute Gasteiger partial charge is 0.486 e. The number of benzene rings is 1. The lowest BCUT2D eigenvalue weighted by molar-refractivity contribution is 0.170. The summed E-state index contributed by atoms with van der Waals surface area (Å²) in [5.74, 6) is 2.79. The third kappa shape index (κ3) is 3.92. The molecule has 2 aliphatic heterocycles. The normalized spacial score (nSPS) is 22.1. The van der Waals surface area contributed by atoms with Crippen LogP contribution in [0.25, 0.3) is 0 Å². The van der Waals surface area contributed by atoms with E-state index < -0.39 is 0 Å². The van der Waals surface area contributed by atoms with Gasteiger partial charge >= 0.3 is 0 Å². The Morgan fingerprint density at radius 2 is 1.67 bits per heavy atom. The second-order valence-corrected chi connectivity index (χ2v) is 7.09. The van der Waals surface area contributed by atoms with Gasteiger partial charge < -0.3 is 14.4 Å². The van der Waals surface area contributed by atoms with E-state index in [2.05, 4.69) is 21.9 Å². The molecule has 1 aliphatic carbocycles. The van der Waals surface area contributed by atoms with Gasteiger partial charge in [0.15, 0.2) is 11.5 Å². The summed E-state index contributed by atoms with van der Waals surface area (Å²) in [5, 5.41) is 0. The number of hydrogen-bond donors (Lipinski definition) is 0. The van der Waals surface area contributed by atoms with E-state index in [4.69, 9.17) is 9.47 Å². The Morgan fingerprint density at radius 1 is 0.917 bits per heavy atom. The van der Waals surface area contributed by atoms with E-state index in [0.717, 1.165) is 30.5 Å². The first-order chi connectivity index (χ1) is 11.4. The highest BCUT2D eigenvalue weighted by atomic mass is 35.5. The standard InChI is InChI=1S/C19H28N2O2.ClH/c1-2-5-16(6-3-1)15-20-9-11-21(12-10-20)17-7-4-8-18-19(17)23-14-13-22-18;/h4,7-8,16H,1-3,5-6,9-15H2;1H. The molecule has 4 rings (SSSR count). The van der Waals surface area contributed by atoms with Gasteiger partial charge in [0.25, 0.3) is 0 Å². The van der Waals surface area contributed by atoms with Crippen LogP contribution in [-0.2, 0) is 0 Å². The number of rotatable bonds is 3. The highest BCUT2D eigenvalue weighted by molar-refractivity contribution is 5.85. The molecular formula is C19H29ClN2O2. The van der Waals surface area contributed by atoms with Crippen molar-refractivity contribution in [1.29, 1.82) is 0 Å². The van der Waals surface area contributed by atoms with Crippen molar-refractivity contribution in [2.45, 2.75) is 32.1 Å². The summed E-state index contributed by atoms with van der Waals surface area (Å²) < 4.78 is 11.6. The highest BCUT2D eigenvalue weighted by Gasteiger charge is 2.25. The van der Waals surface area contributed by atoms with Crippen LogP contribution >= 0.6 is 12.4 Å². The lowest BCUT2D eigenvalue weighted by atomic mass is 9.89. The van der Waals surface area contributed by atoms with Crippen LogP contribution in [0.4, 0.5) is 5.69 Å². The van der Waals surface area contributed by atoms with Crippen molar-refractivity contribution in [2.75, 3.05) is 50.8 Å². The fourth-order valence-corrected chi connectivity index (χ4v) is 4.21. The zero-order valence-corrected chi connectivity index (χ0v) is 15.2. The third-order valence-corrected chi connectivity index (χ3v) is 5.50. The third-order valence-electron chi connectivity index (χ3n) is 5.50. The molecule has 4 nitrogen and oxygen atoms in total. The molecule has 1 saturated heterocycles. The fourth-order valence-electron chi connectivity index (χ4n) is 4.21. The quantitative estimate of drug-likeness (QED) is 0.830. The molecule has 1 aromatic carbocycles. The molecule has 0 bridgehead atoms. The van der Waals surface area contributed by atoms with Crippen LogP contribution in [-0.4, -0.2) is 50.8 Å². The Hall–Kier alpha value is -1.13. The lowest BCUT2D eigenvalue weighted by Crippen LogP contribution is -2.48. The minimum absolute atomic E-state index is 0. The molecule has 1 aromatic rings. The molecule has 0 unspecified atom stereocenters. The van der Waals surface area contributed by atoms with Crippen LogP contribution in [0.2, 0.25) is 0 Å². The van der Waals surface area contributed by atoms with Crippen molar-refractivity contribution >= 4 is 18.1 Å². The minimum atomic E-state index is 0. The molecule has 134 valence electrons. The zero-order valence-electron chi connectivity index (χ0n) is 14.4. The van der Waals surface area contributed by atoms with E-state index in [1.54, 1.807) is 0 Å². The molecule has 0 atom stereocenters. The number of nitrogens with zero attached hydrogens (tertiary/aromatic N) is 2. The monoisotopic (exact) mass is 352 g/mol. The summed E-state index contributed by atoms with van der Waals surface area (Å²) in [6, 6.07) is 6.26. The molecule has 5 heteroatoms. The molecule has 0 radical (unpaired) electrons. The predicted molar refractivity (Wildman–Crippen MR) is 99.9 cm³/mol. The van der Waals surface area contributed by atoms with Crippen molar-refractivity contribution in [3.63, 3.8) is 0 Å². The molecule has 0 aromatic heterocycles. The van der Waals surface area contributed by atoms with Gasteiger partial charge in [0.05, 0.1) is 5.69 Å². The van der Waals surface area contributed by atoms with Gasteiger partial charge in [0.2, 0.25) is 0 Å². The van der Waals surface area contributed by atoms with E-state index in [-0.39, 0.29) is 12.4 Å². The SMILES string of the molecule is Cl.c1cc2c(c(N3CCN(CC4CCCCC4)CC3)c1)OCCO2. The van der Waals surface area contributed by atoms with Gasteiger partial charge in [-0.25, -0.2) is 0 Å². The molecule has 0 N–H and O–H groups in total. The Morgan fingerprint density at radius 3 is 2.46 bits per heavy atom. The maximum Gasteiger partial charge on any atom is 0.184 e. The Kier molecular flexibility index (Phi) is 6.12.